The Morgan fingerprint density at radius 3 is 3.06 bits per heavy atom. The first-order valence-electron chi connectivity index (χ1n) is 6.09. The lowest BCUT2D eigenvalue weighted by Crippen LogP contribution is -2.28. The second-order valence-electron chi connectivity index (χ2n) is 4.72. The summed E-state index contributed by atoms with van der Waals surface area (Å²) in [5.41, 5.74) is 10.1. The van der Waals surface area contributed by atoms with Gasteiger partial charge < -0.3 is 11.1 Å². The molecule has 0 unspecified atom stereocenters. The van der Waals surface area contributed by atoms with Gasteiger partial charge in [-0.1, -0.05) is 11.6 Å². The lowest BCUT2D eigenvalue weighted by Gasteiger charge is -2.20. The number of fused-ring (bicyclic) bond motifs is 2. The number of nitrogens with one attached hydrogen (secondary N) is 1. The van der Waals surface area contributed by atoms with Crippen LogP contribution in [0.2, 0.25) is 0 Å². The predicted octanol–water partition coefficient (Wildman–Crippen LogP) is 1.29. The molecule has 4 heteroatoms. The van der Waals surface area contributed by atoms with Gasteiger partial charge in [0, 0.05) is 36.2 Å². The lowest BCUT2D eigenvalue weighted by atomic mass is 9.95. The average Bonchev–Trinajstić information content (AvgIpc) is 2.35. The first-order chi connectivity index (χ1) is 8.66. The maximum atomic E-state index is 11.8. The van der Waals surface area contributed by atoms with E-state index in [1.807, 2.05) is 25.1 Å². The van der Waals surface area contributed by atoms with E-state index in [9.17, 15) is 4.79 Å². The topological polar surface area (TPSA) is 68.0 Å². The summed E-state index contributed by atoms with van der Waals surface area (Å²) >= 11 is 0. The third kappa shape index (κ3) is 1.66. The Hall–Kier alpha value is -1.94. The molecule has 0 atom stereocenters. The quantitative estimate of drug-likeness (QED) is 0.790. The van der Waals surface area contributed by atoms with Crippen molar-refractivity contribution in [2.45, 2.75) is 19.9 Å². The Kier molecular flexibility index (Phi) is 2.52. The number of hydrogen-bond acceptors (Lipinski definition) is 3. The highest BCUT2D eigenvalue weighted by Gasteiger charge is 2.20. The maximum Gasteiger partial charge on any atom is 0.249 e. The Morgan fingerprint density at radius 1 is 1.44 bits per heavy atom. The molecule has 0 aliphatic carbocycles. The first kappa shape index (κ1) is 11.2. The van der Waals surface area contributed by atoms with Crippen LogP contribution < -0.4 is 11.1 Å². The number of hydrogen-bond donors (Lipinski definition) is 2. The van der Waals surface area contributed by atoms with Crippen LogP contribution in [0.3, 0.4) is 0 Å². The standard InChI is InChI=1S/C14H15N3O/c1-8-2-3-11-9(6-8)13(14(15)18)10-7-16-5-4-12(10)17-11/h2-3,6,16H,4-5,7H2,1H3,(H2,15,18). The molecule has 0 bridgehead atoms. The van der Waals surface area contributed by atoms with Crippen LogP contribution in [0.1, 0.15) is 27.2 Å². The minimum atomic E-state index is -0.368. The first-order valence-corrected chi connectivity index (χ1v) is 6.09. The smallest absolute Gasteiger partial charge is 0.249 e. The molecule has 1 amide bonds. The molecule has 4 nitrogen and oxygen atoms in total. The van der Waals surface area contributed by atoms with Crippen molar-refractivity contribution in [2.75, 3.05) is 6.54 Å². The monoisotopic (exact) mass is 241 g/mol. The van der Waals surface area contributed by atoms with Crippen LogP contribution in [-0.4, -0.2) is 17.4 Å². The molecule has 0 radical (unpaired) electrons. The Bertz CT molecular complexity index is 649. The van der Waals surface area contributed by atoms with Crippen molar-refractivity contribution in [1.82, 2.24) is 10.3 Å². The average molecular weight is 241 g/mol. The maximum absolute atomic E-state index is 11.8. The van der Waals surface area contributed by atoms with Gasteiger partial charge in [0.05, 0.1) is 11.1 Å². The number of carbonyl (C=O) groups is 1. The van der Waals surface area contributed by atoms with E-state index in [-0.39, 0.29) is 5.91 Å². The SMILES string of the molecule is Cc1ccc2nc3c(c(C(N)=O)c2c1)CNCC3. The van der Waals surface area contributed by atoms with Crippen molar-refractivity contribution in [3.8, 4) is 0 Å². The molecule has 0 spiro atoms. The van der Waals surface area contributed by atoms with E-state index >= 15 is 0 Å². The molecule has 1 aliphatic heterocycles. The van der Waals surface area contributed by atoms with Gasteiger partial charge in [-0.05, 0) is 19.1 Å². The van der Waals surface area contributed by atoms with E-state index in [2.05, 4.69) is 10.3 Å². The molecule has 3 rings (SSSR count). The summed E-state index contributed by atoms with van der Waals surface area (Å²) in [6.45, 7) is 3.57. The van der Waals surface area contributed by atoms with Gasteiger partial charge >= 0.3 is 0 Å². The van der Waals surface area contributed by atoms with Crippen LogP contribution in [0.15, 0.2) is 18.2 Å². The molecular weight excluding hydrogens is 226 g/mol. The molecular formula is C14H15N3O. The molecule has 92 valence electrons. The van der Waals surface area contributed by atoms with Gasteiger partial charge in [0.25, 0.3) is 0 Å². The summed E-state index contributed by atoms with van der Waals surface area (Å²) in [5.74, 6) is -0.368. The molecule has 1 aliphatic rings. The lowest BCUT2D eigenvalue weighted by molar-refractivity contribution is 0.100. The fourth-order valence-electron chi connectivity index (χ4n) is 2.57. The van der Waals surface area contributed by atoms with Crippen molar-refractivity contribution in [3.63, 3.8) is 0 Å². The fourth-order valence-corrected chi connectivity index (χ4v) is 2.57. The highest BCUT2D eigenvalue weighted by atomic mass is 16.1. The predicted molar refractivity (Wildman–Crippen MR) is 70.4 cm³/mol. The summed E-state index contributed by atoms with van der Waals surface area (Å²) in [6, 6.07) is 5.95. The second kappa shape index (κ2) is 4.07. The number of benzene rings is 1. The normalized spacial score (nSPS) is 14.5. The van der Waals surface area contributed by atoms with Crippen molar-refractivity contribution in [1.29, 1.82) is 0 Å². The van der Waals surface area contributed by atoms with Crippen molar-refractivity contribution < 1.29 is 4.79 Å². The number of primary amides is 1. The van der Waals surface area contributed by atoms with E-state index in [1.54, 1.807) is 0 Å². The van der Waals surface area contributed by atoms with Crippen LogP contribution in [0.25, 0.3) is 10.9 Å². The van der Waals surface area contributed by atoms with Crippen molar-refractivity contribution in [3.05, 3.63) is 40.6 Å². The Balaban J connectivity index is 2.41. The van der Waals surface area contributed by atoms with E-state index in [4.69, 9.17) is 5.73 Å². The molecule has 1 aromatic carbocycles. The van der Waals surface area contributed by atoms with E-state index in [0.717, 1.165) is 40.7 Å². The summed E-state index contributed by atoms with van der Waals surface area (Å²) < 4.78 is 0. The summed E-state index contributed by atoms with van der Waals surface area (Å²) in [7, 11) is 0. The highest BCUT2D eigenvalue weighted by Crippen LogP contribution is 2.26. The van der Waals surface area contributed by atoms with E-state index < -0.39 is 0 Å². The van der Waals surface area contributed by atoms with Gasteiger partial charge in [-0.2, -0.15) is 0 Å². The zero-order chi connectivity index (χ0) is 12.7. The minimum absolute atomic E-state index is 0.368. The van der Waals surface area contributed by atoms with Gasteiger partial charge in [-0.3, -0.25) is 9.78 Å². The number of amides is 1. The molecule has 2 aromatic rings. The molecule has 0 fully saturated rings. The van der Waals surface area contributed by atoms with Crippen LogP contribution in [0.5, 0.6) is 0 Å². The third-order valence-corrected chi connectivity index (χ3v) is 3.41. The van der Waals surface area contributed by atoms with Gasteiger partial charge in [0.2, 0.25) is 5.91 Å². The molecule has 2 heterocycles. The number of aromatic nitrogens is 1. The number of aryl methyl sites for hydroxylation is 1. The zero-order valence-corrected chi connectivity index (χ0v) is 10.3. The van der Waals surface area contributed by atoms with Gasteiger partial charge in [0.1, 0.15) is 0 Å². The molecule has 1 aromatic heterocycles. The second-order valence-corrected chi connectivity index (χ2v) is 4.72. The van der Waals surface area contributed by atoms with Crippen LogP contribution >= 0.6 is 0 Å². The Labute approximate surface area is 105 Å². The largest absolute Gasteiger partial charge is 0.366 e. The summed E-state index contributed by atoms with van der Waals surface area (Å²) in [5, 5.41) is 4.13. The zero-order valence-electron chi connectivity index (χ0n) is 10.3. The van der Waals surface area contributed by atoms with Crippen LogP contribution in [0.4, 0.5) is 0 Å². The van der Waals surface area contributed by atoms with Gasteiger partial charge in [0.15, 0.2) is 0 Å². The molecule has 18 heavy (non-hydrogen) atoms. The number of rotatable bonds is 1. The highest BCUT2D eigenvalue weighted by molar-refractivity contribution is 6.07. The molecule has 3 N–H and O–H groups in total. The number of pyridine rings is 1. The van der Waals surface area contributed by atoms with E-state index in [0.29, 0.717) is 12.1 Å². The van der Waals surface area contributed by atoms with Crippen LogP contribution in [-0.2, 0) is 13.0 Å². The number of nitrogens with zero attached hydrogens (tertiary/aromatic N) is 1. The Morgan fingerprint density at radius 2 is 2.28 bits per heavy atom. The van der Waals surface area contributed by atoms with Crippen molar-refractivity contribution >= 4 is 16.8 Å². The van der Waals surface area contributed by atoms with Crippen LogP contribution in [0, 0.1) is 6.92 Å². The number of carbonyl (C=O) groups excluding carboxylic acids is 1. The summed E-state index contributed by atoms with van der Waals surface area (Å²) in [4.78, 5) is 16.4. The number of nitrogens with two attached hydrogens (primary N) is 1. The van der Waals surface area contributed by atoms with Crippen molar-refractivity contribution in [2.24, 2.45) is 5.73 Å². The molecule has 0 saturated carbocycles. The summed E-state index contributed by atoms with van der Waals surface area (Å²) in [6.07, 6.45) is 0.847. The van der Waals surface area contributed by atoms with Gasteiger partial charge in [-0.25, -0.2) is 0 Å². The van der Waals surface area contributed by atoms with Gasteiger partial charge in [-0.15, -0.1) is 0 Å². The minimum Gasteiger partial charge on any atom is -0.366 e. The fraction of sp³-hybridized carbons (Fsp3) is 0.286. The molecule has 0 saturated heterocycles. The third-order valence-electron chi connectivity index (χ3n) is 3.41. The van der Waals surface area contributed by atoms with E-state index in [1.165, 1.54) is 0 Å².